The third-order valence-corrected chi connectivity index (χ3v) is 11.6. The minimum absolute atomic E-state index is 0.113. The number of allylic oxidation sites excluding steroid dienone is 2. The van der Waals surface area contributed by atoms with Gasteiger partial charge in [0, 0.05) is 22.1 Å². The highest BCUT2D eigenvalue weighted by Crippen LogP contribution is 2.65. The first-order valence-corrected chi connectivity index (χ1v) is 17.8. The molecule has 4 aliphatic rings. The first kappa shape index (κ1) is 33.6. The van der Waals surface area contributed by atoms with E-state index in [4.69, 9.17) is 16.3 Å². The Balaban J connectivity index is 1.34. The van der Waals surface area contributed by atoms with Crippen LogP contribution in [0.3, 0.4) is 0 Å². The molecule has 1 N–H and O–H groups in total. The van der Waals surface area contributed by atoms with Gasteiger partial charge in [-0.2, -0.15) is 0 Å². The predicted molar refractivity (Wildman–Crippen MR) is 194 cm³/mol. The molecule has 9 nitrogen and oxygen atoms in total. The van der Waals surface area contributed by atoms with Gasteiger partial charge in [-0.05, 0) is 86.7 Å². The van der Waals surface area contributed by atoms with Gasteiger partial charge in [-0.3, -0.25) is 28.9 Å². The SMILES string of the molecule is CCOc1cccc([C@H]2C3=CC[C@@H]4C(=O)N(c5ccc(C(C)=O)cc5)C(=O)[C@@H]4[C@@H]3C[C@H]3C(=O)N(c4cccc(Cl)c4)C(=O)[C@@]23c2ccccc2)c1O. The van der Waals surface area contributed by atoms with Gasteiger partial charge in [0.05, 0.1) is 41.2 Å². The topological polar surface area (TPSA) is 121 Å². The number of nitrogens with zero attached hydrogens (tertiary/aromatic N) is 2. The molecule has 0 radical (unpaired) electrons. The Morgan fingerprint density at radius 3 is 2.27 bits per heavy atom. The highest BCUT2D eigenvalue weighted by molar-refractivity contribution is 6.32. The summed E-state index contributed by atoms with van der Waals surface area (Å²) in [6, 6.07) is 27.2. The number of anilines is 2. The van der Waals surface area contributed by atoms with Crippen LogP contribution in [0.4, 0.5) is 11.4 Å². The number of ketones is 1. The van der Waals surface area contributed by atoms with Gasteiger partial charge in [0.15, 0.2) is 17.3 Å². The molecule has 262 valence electrons. The lowest BCUT2D eigenvalue weighted by Crippen LogP contribution is -2.53. The van der Waals surface area contributed by atoms with E-state index in [1.165, 1.54) is 16.7 Å². The number of benzene rings is 4. The molecule has 2 saturated heterocycles. The molecule has 10 heteroatoms. The second-order valence-electron chi connectivity index (χ2n) is 13.8. The predicted octanol–water partition coefficient (Wildman–Crippen LogP) is 7.01. The van der Waals surface area contributed by atoms with Crippen molar-refractivity contribution in [3.05, 3.63) is 130 Å². The van der Waals surface area contributed by atoms with Crippen molar-refractivity contribution in [3.8, 4) is 11.5 Å². The number of phenolic OH excluding ortho intramolecular Hbond substituents is 1. The molecule has 2 heterocycles. The van der Waals surface area contributed by atoms with Crippen LogP contribution in [0.15, 0.2) is 109 Å². The number of Topliss-reactive ketones (excluding diaryl/α,β-unsaturated/α-hetero) is 1. The Labute approximate surface area is 305 Å². The Hall–Kier alpha value is -5.54. The summed E-state index contributed by atoms with van der Waals surface area (Å²) in [5.74, 6) is -5.76. The van der Waals surface area contributed by atoms with E-state index in [2.05, 4.69) is 0 Å². The quantitative estimate of drug-likeness (QED) is 0.124. The monoisotopic (exact) mass is 714 g/mol. The maximum atomic E-state index is 15.4. The molecule has 6 atom stereocenters. The van der Waals surface area contributed by atoms with Crippen molar-refractivity contribution >= 4 is 52.4 Å². The zero-order chi connectivity index (χ0) is 36.5. The zero-order valence-corrected chi connectivity index (χ0v) is 29.2. The summed E-state index contributed by atoms with van der Waals surface area (Å²) in [6.45, 7) is 3.53. The normalized spacial score (nSPS) is 26.5. The van der Waals surface area contributed by atoms with Crippen LogP contribution < -0.4 is 14.5 Å². The zero-order valence-electron chi connectivity index (χ0n) is 28.5. The highest BCUT2D eigenvalue weighted by atomic mass is 35.5. The molecule has 1 saturated carbocycles. The molecule has 0 bridgehead atoms. The highest BCUT2D eigenvalue weighted by Gasteiger charge is 2.70. The minimum Gasteiger partial charge on any atom is -0.504 e. The first-order chi connectivity index (χ1) is 25.1. The van der Waals surface area contributed by atoms with Crippen LogP contribution in [0.5, 0.6) is 11.5 Å². The number of aromatic hydroxyl groups is 1. The Bertz CT molecular complexity index is 2200. The summed E-state index contributed by atoms with van der Waals surface area (Å²) < 4.78 is 5.82. The number of carbonyl (C=O) groups excluding carboxylic acids is 5. The van der Waals surface area contributed by atoms with E-state index in [1.54, 1.807) is 73.7 Å². The summed E-state index contributed by atoms with van der Waals surface area (Å²) >= 11 is 6.40. The van der Waals surface area contributed by atoms with Crippen LogP contribution >= 0.6 is 11.6 Å². The molecule has 0 unspecified atom stereocenters. The number of carbonyl (C=O) groups is 5. The molecule has 4 aromatic rings. The molecular formula is C42H35ClN2O7. The van der Waals surface area contributed by atoms with E-state index in [-0.39, 0.29) is 42.6 Å². The minimum atomic E-state index is -1.54. The van der Waals surface area contributed by atoms with E-state index in [1.807, 2.05) is 36.4 Å². The number of halogens is 1. The van der Waals surface area contributed by atoms with Crippen LogP contribution in [-0.2, 0) is 24.6 Å². The van der Waals surface area contributed by atoms with Crippen molar-refractivity contribution in [1.82, 2.24) is 0 Å². The standard InChI is InChI=1S/C42H35ClN2O7/c1-3-52-34-14-8-13-31(37(34)47)36-29-19-20-30-35(40(50)44(38(30)48)27-17-15-24(16-18-27)23(2)46)32(29)22-33-39(49)45(28-12-7-11-26(43)21-28)41(51)42(33,36)25-9-5-4-6-10-25/h4-19,21,30,32-33,35-36,47H,3,20,22H2,1-2H3/t30-,32+,33-,35-,36+,42+/m0/s1. The van der Waals surface area contributed by atoms with Crippen molar-refractivity contribution in [2.75, 3.05) is 16.4 Å². The summed E-state index contributed by atoms with van der Waals surface area (Å²) in [6.07, 6.45) is 2.28. The molecule has 4 amide bonds. The van der Waals surface area contributed by atoms with Gasteiger partial charge < -0.3 is 9.84 Å². The van der Waals surface area contributed by atoms with Crippen molar-refractivity contribution in [2.45, 2.75) is 38.0 Å². The summed E-state index contributed by atoms with van der Waals surface area (Å²) in [4.78, 5) is 73.3. The average molecular weight is 715 g/mol. The summed E-state index contributed by atoms with van der Waals surface area (Å²) in [5.41, 5.74) is 1.30. The fraction of sp³-hybridized carbons (Fsp3) is 0.262. The van der Waals surface area contributed by atoms with Gasteiger partial charge in [0.2, 0.25) is 23.6 Å². The number of hydrogen-bond acceptors (Lipinski definition) is 7. The second-order valence-corrected chi connectivity index (χ2v) is 14.3. The molecule has 2 aliphatic carbocycles. The molecule has 8 rings (SSSR count). The molecule has 0 spiro atoms. The van der Waals surface area contributed by atoms with E-state index in [9.17, 15) is 24.3 Å². The maximum absolute atomic E-state index is 15.4. The van der Waals surface area contributed by atoms with Crippen LogP contribution in [0.2, 0.25) is 5.02 Å². The average Bonchev–Trinajstić information content (AvgIpc) is 3.53. The molecular weight excluding hydrogens is 680 g/mol. The van der Waals surface area contributed by atoms with Gasteiger partial charge in [0.1, 0.15) is 0 Å². The van der Waals surface area contributed by atoms with Gasteiger partial charge in [-0.15, -0.1) is 0 Å². The summed E-state index contributed by atoms with van der Waals surface area (Å²) in [5, 5.41) is 12.3. The van der Waals surface area contributed by atoms with Gasteiger partial charge in [-0.25, -0.2) is 4.90 Å². The van der Waals surface area contributed by atoms with Crippen LogP contribution in [0.1, 0.15) is 54.1 Å². The Morgan fingerprint density at radius 2 is 1.58 bits per heavy atom. The van der Waals surface area contributed by atoms with Gasteiger partial charge in [0.25, 0.3) is 0 Å². The van der Waals surface area contributed by atoms with Crippen molar-refractivity contribution in [3.63, 3.8) is 0 Å². The largest absolute Gasteiger partial charge is 0.504 e. The van der Waals surface area contributed by atoms with Crippen LogP contribution in [0.25, 0.3) is 0 Å². The van der Waals surface area contributed by atoms with E-state index in [0.29, 0.717) is 38.7 Å². The number of phenols is 1. The number of fused-ring (bicyclic) bond motifs is 4. The number of para-hydroxylation sites is 1. The maximum Gasteiger partial charge on any atom is 0.246 e. The Morgan fingerprint density at radius 1 is 0.846 bits per heavy atom. The smallest absolute Gasteiger partial charge is 0.246 e. The third kappa shape index (κ3) is 4.79. The molecule has 52 heavy (non-hydrogen) atoms. The van der Waals surface area contributed by atoms with Gasteiger partial charge in [-0.1, -0.05) is 71.8 Å². The van der Waals surface area contributed by atoms with E-state index >= 15 is 4.79 Å². The van der Waals surface area contributed by atoms with Crippen LogP contribution in [-0.4, -0.2) is 41.1 Å². The number of imide groups is 2. The number of ether oxygens (including phenoxy) is 1. The molecule has 2 aliphatic heterocycles. The van der Waals surface area contributed by atoms with Crippen molar-refractivity contribution in [1.29, 1.82) is 0 Å². The molecule has 4 aromatic carbocycles. The lowest BCUT2D eigenvalue weighted by molar-refractivity contribution is -0.127. The fourth-order valence-corrected chi connectivity index (χ4v) is 9.42. The molecule has 0 aromatic heterocycles. The fourth-order valence-electron chi connectivity index (χ4n) is 9.23. The van der Waals surface area contributed by atoms with Gasteiger partial charge >= 0.3 is 0 Å². The number of amides is 4. The van der Waals surface area contributed by atoms with E-state index < -0.39 is 52.7 Å². The summed E-state index contributed by atoms with van der Waals surface area (Å²) in [7, 11) is 0. The number of hydrogen-bond donors (Lipinski definition) is 1. The van der Waals surface area contributed by atoms with E-state index in [0.717, 1.165) is 0 Å². The number of rotatable bonds is 7. The lowest BCUT2D eigenvalue weighted by atomic mass is 9.49. The van der Waals surface area contributed by atoms with Crippen molar-refractivity contribution in [2.24, 2.45) is 23.7 Å². The second kappa shape index (κ2) is 12.6. The first-order valence-electron chi connectivity index (χ1n) is 17.4. The molecule has 3 fully saturated rings. The third-order valence-electron chi connectivity index (χ3n) is 11.3. The van der Waals surface area contributed by atoms with Crippen molar-refractivity contribution < 1.29 is 33.8 Å². The lowest BCUT2D eigenvalue weighted by Gasteiger charge is -2.50. The van der Waals surface area contributed by atoms with Crippen LogP contribution in [0, 0.1) is 23.7 Å². The Kier molecular flexibility index (Phi) is 8.14.